The predicted molar refractivity (Wildman–Crippen MR) is 61.3 cm³/mol. The summed E-state index contributed by atoms with van der Waals surface area (Å²) >= 11 is 0. The first-order valence-electron chi connectivity index (χ1n) is 5.12. The van der Waals surface area contributed by atoms with E-state index in [1.54, 1.807) is 4.98 Å². The molecule has 0 unspecified atom stereocenters. The van der Waals surface area contributed by atoms with Crippen LogP contribution < -0.4 is 16.6 Å². The number of nitrogens with one attached hydrogen (secondary N) is 3. The molecule has 1 aliphatic heterocycles. The van der Waals surface area contributed by atoms with Gasteiger partial charge in [0.2, 0.25) is 17.5 Å². The van der Waals surface area contributed by atoms with Crippen molar-refractivity contribution in [3.05, 3.63) is 32.3 Å². The van der Waals surface area contributed by atoms with Gasteiger partial charge in [0.25, 0.3) is 11.5 Å². The highest BCUT2D eigenvalue weighted by atomic mass is 16.3. The van der Waals surface area contributed by atoms with Crippen molar-refractivity contribution in [2.45, 2.75) is 6.42 Å². The Bertz CT molecular complexity index is 770. The van der Waals surface area contributed by atoms with Crippen LogP contribution in [0, 0.1) is 0 Å². The monoisotopic (exact) mass is 281 g/mol. The van der Waals surface area contributed by atoms with E-state index >= 15 is 0 Å². The number of aliphatic hydroxyl groups is 1. The fourth-order valence-electron chi connectivity index (χ4n) is 1.36. The molecule has 0 aromatic carbocycles. The van der Waals surface area contributed by atoms with E-state index in [4.69, 9.17) is 0 Å². The van der Waals surface area contributed by atoms with Gasteiger partial charge < -0.3 is 10.2 Å². The van der Waals surface area contributed by atoms with Crippen LogP contribution in [0.5, 0.6) is 5.88 Å². The zero-order valence-corrected chi connectivity index (χ0v) is 9.63. The van der Waals surface area contributed by atoms with Crippen molar-refractivity contribution in [1.29, 1.82) is 0 Å². The minimum atomic E-state index is -1.04. The summed E-state index contributed by atoms with van der Waals surface area (Å²) in [4.78, 5) is 48.0. The third kappa shape index (κ3) is 2.45. The summed E-state index contributed by atoms with van der Waals surface area (Å²) in [7, 11) is 0. The SMILES string of the molecule is O=C1CC(O)=C(N=Nc2c(O)[nH]c(=O)[nH]c2=O)C(=O)N1. The smallest absolute Gasteiger partial charge is 0.328 e. The average Bonchev–Trinajstić information content (AvgIpc) is 2.30. The van der Waals surface area contributed by atoms with Gasteiger partial charge in [-0.05, 0) is 0 Å². The lowest BCUT2D eigenvalue weighted by atomic mass is 10.2. The van der Waals surface area contributed by atoms with Gasteiger partial charge in [0.15, 0.2) is 5.70 Å². The Morgan fingerprint density at radius 3 is 2.30 bits per heavy atom. The number of hydrogen-bond acceptors (Lipinski definition) is 8. The number of H-pyrrole nitrogens is 2. The molecule has 0 aliphatic carbocycles. The first kappa shape index (κ1) is 13.2. The summed E-state index contributed by atoms with van der Waals surface area (Å²) in [6, 6.07) is 0. The van der Waals surface area contributed by atoms with E-state index in [2.05, 4.69) is 10.2 Å². The van der Waals surface area contributed by atoms with Crippen LogP contribution in [0.1, 0.15) is 6.42 Å². The number of amides is 2. The minimum Gasteiger partial charge on any atom is -0.509 e. The molecule has 0 spiro atoms. The average molecular weight is 281 g/mol. The van der Waals surface area contributed by atoms with Gasteiger partial charge in [0, 0.05) is 0 Å². The number of aromatic hydroxyl groups is 1. The zero-order chi connectivity index (χ0) is 14.9. The molecule has 20 heavy (non-hydrogen) atoms. The van der Waals surface area contributed by atoms with E-state index in [9.17, 15) is 29.4 Å². The van der Waals surface area contributed by atoms with Crippen LogP contribution in [0.4, 0.5) is 5.69 Å². The standard InChI is InChI=1S/C9H7N5O6/c15-2-1-3(16)10-6(17)4(2)13-14-5-7(18)11-9(20)12-8(5)19/h15H,1H2,(H,10,16,17)(H3,11,12,18,19,20). The Labute approximate surface area is 108 Å². The van der Waals surface area contributed by atoms with Crippen molar-refractivity contribution in [2.75, 3.05) is 0 Å². The number of rotatable bonds is 2. The number of hydrogen-bond donors (Lipinski definition) is 5. The number of imide groups is 1. The summed E-state index contributed by atoms with van der Waals surface area (Å²) in [5.74, 6) is -3.18. The largest absolute Gasteiger partial charge is 0.509 e. The molecule has 2 rings (SSSR count). The van der Waals surface area contributed by atoms with Crippen molar-refractivity contribution in [3.63, 3.8) is 0 Å². The van der Waals surface area contributed by atoms with Crippen LogP contribution in [0.25, 0.3) is 0 Å². The molecule has 2 amide bonds. The van der Waals surface area contributed by atoms with Gasteiger partial charge in [0.1, 0.15) is 5.76 Å². The van der Waals surface area contributed by atoms with E-state index in [0.717, 1.165) is 0 Å². The van der Waals surface area contributed by atoms with Crippen LogP contribution in [0.15, 0.2) is 31.3 Å². The maximum Gasteiger partial charge on any atom is 0.328 e. The second kappa shape index (κ2) is 4.79. The van der Waals surface area contributed by atoms with Crippen LogP contribution in [-0.2, 0) is 9.59 Å². The van der Waals surface area contributed by atoms with E-state index in [-0.39, 0.29) is 0 Å². The normalized spacial score (nSPS) is 15.8. The quantitative estimate of drug-likeness (QED) is 0.331. The predicted octanol–water partition coefficient (Wildman–Crippen LogP) is -1.33. The fourth-order valence-corrected chi connectivity index (χ4v) is 1.36. The Morgan fingerprint density at radius 2 is 1.70 bits per heavy atom. The lowest BCUT2D eigenvalue weighted by Gasteiger charge is -2.10. The number of aromatic amines is 2. The van der Waals surface area contributed by atoms with Gasteiger partial charge in [-0.1, -0.05) is 0 Å². The maximum atomic E-state index is 11.4. The highest BCUT2D eigenvalue weighted by Crippen LogP contribution is 2.19. The van der Waals surface area contributed by atoms with Crippen molar-refractivity contribution in [1.82, 2.24) is 15.3 Å². The number of nitrogens with zero attached hydrogens (tertiary/aromatic N) is 2. The maximum absolute atomic E-state index is 11.4. The number of azo groups is 1. The van der Waals surface area contributed by atoms with Crippen molar-refractivity contribution >= 4 is 17.5 Å². The first-order valence-corrected chi connectivity index (χ1v) is 5.12. The molecule has 1 aliphatic rings. The minimum absolute atomic E-state index is 0.464. The highest BCUT2D eigenvalue weighted by Gasteiger charge is 2.25. The number of aromatic nitrogens is 2. The number of carbonyl (C=O) groups excluding carboxylic acids is 2. The molecular weight excluding hydrogens is 274 g/mol. The van der Waals surface area contributed by atoms with E-state index < -0.39 is 52.5 Å². The van der Waals surface area contributed by atoms with Gasteiger partial charge in [0.05, 0.1) is 6.42 Å². The summed E-state index contributed by atoms with van der Waals surface area (Å²) in [6.07, 6.45) is -0.464. The molecule has 11 heteroatoms. The molecule has 1 aromatic heterocycles. The summed E-state index contributed by atoms with van der Waals surface area (Å²) in [5.41, 5.74) is -3.22. The third-order valence-electron chi connectivity index (χ3n) is 2.22. The zero-order valence-electron chi connectivity index (χ0n) is 9.63. The van der Waals surface area contributed by atoms with E-state index in [0.29, 0.717) is 0 Å². The third-order valence-corrected chi connectivity index (χ3v) is 2.22. The molecule has 2 heterocycles. The summed E-state index contributed by atoms with van der Waals surface area (Å²) in [6.45, 7) is 0. The Hall–Kier alpha value is -3.24. The first-order chi connectivity index (χ1) is 9.38. The fraction of sp³-hybridized carbons (Fsp3) is 0.111. The van der Waals surface area contributed by atoms with Crippen LogP contribution in [0.2, 0.25) is 0 Å². The molecule has 0 fully saturated rings. The van der Waals surface area contributed by atoms with Crippen LogP contribution >= 0.6 is 0 Å². The van der Waals surface area contributed by atoms with Gasteiger partial charge in [-0.25, -0.2) is 4.79 Å². The molecule has 0 radical (unpaired) electrons. The molecular formula is C9H7N5O6. The Kier molecular flexibility index (Phi) is 3.16. The van der Waals surface area contributed by atoms with Gasteiger partial charge in [-0.3, -0.25) is 29.7 Å². The Balaban J connectivity index is 2.42. The molecule has 5 N–H and O–H groups in total. The van der Waals surface area contributed by atoms with Crippen LogP contribution in [-0.4, -0.2) is 32.0 Å². The summed E-state index contributed by atoms with van der Waals surface area (Å²) < 4.78 is 0. The van der Waals surface area contributed by atoms with E-state index in [1.807, 2.05) is 10.3 Å². The van der Waals surface area contributed by atoms with E-state index in [1.165, 1.54) is 0 Å². The molecule has 0 atom stereocenters. The van der Waals surface area contributed by atoms with Gasteiger partial charge >= 0.3 is 5.69 Å². The Morgan fingerprint density at radius 1 is 1.00 bits per heavy atom. The van der Waals surface area contributed by atoms with Crippen LogP contribution in [0.3, 0.4) is 0 Å². The topological polar surface area (TPSA) is 177 Å². The molecule has 0 saturated heterocycles. The van der Waals surface area contributed by atoms with Crippen molar-refractivity contribution < 1.29 is 19.8 Å². The molecule has 0 saturated carbocycles. The molecule has 1 aromatic rings. The molecule has 0 bridgehead atoms. The van der Waals surface area contributed by atoms with Gasteiger partial charge in [-0.15, -0.1) is 10.2 Å². The lowest BCUT2D eigenvalue weighted by Crippen LogP contribution is -2.36. The lowest BCUT2D eigenvalue weighted by molar-refractivity contribution is -0.129. The van der Waals surface area contributed by atoms with Crippen molar-refractivity contribution in [3.8, 4) is 5.88 Å². The van der Waals surface area contributed by atoms with Gasteiger partial charge in [-0.2, -0.15) is 0 Å². The highest BCUT2D eigenvalue weighted by molar-refractivity contribution is 6.07. The second-order valence-electron chi connectivity index (χ2n) is 3.65. The molecule has 11 nitrogen and oxygen atoms in total. The number of carbonyl (C=O) groups is 2. The number of aliphatic hydroxyl groups excluding tert-OH is 1. The van der Waals surface area contributed by atoms with Crippen molar-refractivity contribution in [2.24, 2.45) is 10.2 Å². The molecule has 104 valence electrons. The summed E-state index contributed by atoms with van der Waals surface area (Å²) in [5, 5.41) is 27.2. The second-order valence-corrected chi connectivity index (χ2v) is 3.65.